The summed E-state index contributed by atoms with van der Waals surface area (Å²) < 4.78 is 5.35. The molecular formula is C18H21ClN4O2. The monoisotopic (exact) mass is 360 g/mol. The number of rotatable bonds is 2. The number of amides is 1. The third-order valence-electron chi connectivity index (χ3n) is 4.97. The highest BCUT2D eigenvalue weighted by Crippen LogP contribution is 2.29. The van der Waals surface area contributed by atoms with E-state index < -0.39 is 0 Å². The quantitative estimate of drug-likeness (QED) is 0.822. The molecule has 25 heavy (non-hydrogen) atoms. The van der Waals surface area contributed by atoms with E-state index in [1.807, 2.05) is 23.1 Å². The first-order chi connectivity index (χ1) is 12.2. The number of aromatic nitrogens is 2. The van der Waals surface area contributed by atoms with Crippen molar-refractivity contribution in [2.75, 3.05) is 44.3 Å². The number of benzene rings is 1. The first kappa shape index (κ1) is 16.5. The fourth-order valence-corrected chi connectivity index (χ4v) is 3.85. The molecule has 1 aromatic heterocycles. The number of hydrogen-bond acceptors (Lipinski definition) is 5. The van der Waals surface area contributed by atoms with Crippen LogP contribution in [0.4, 0.5) is 5.82 Å². The Morgan fingerprint density at radius 3 is 2.88 bits per heavy atom. The van der Waals surface area contributed by atoms with Gasteiger partial charge >= 0.3 is 0 Å². The molecule has 3 heterocycles. The Labute approximate surface area is 151 Å². The lowest BCUT2D eigenvalue weighted by molar-refractivity contribution is -0.139. The van der Waals surface area contributed by atoms with Crippen LogP contribution >= 0.6 is 11.6 Å². The summed E-state index contributed by atoms with van der Waals surface area (Å²) in [7, 11) is 0. The minimum atomic E-state index is 0.0177. The number of carbonyl (C=O) groups is 1. The van der Waals surface area contributed by atoms with E-state index in [2.05, 4.69) is 14.9 Å². The molecule has 0 spiro atoms. The van der Waals surface area contributed by atoms with Gasteiger partial charge in [-0.15, -0.1) is 0 Å². The Morgan fingerprint density at radius 2 is 2.04 bits per heavy atom. The van der Waals surface area contributed by atoms with Crippen molar-refractivity contribution in [1.82, 2.24) is 14.9 Å². The molecule has 132 valence electrons. The number of carbonyl (C=O) groups excluding carboxylic acids is 1. The molecule has 2 fully saturated rings. The van der Waals surface area contributed by atoms with E-state index in [0.717, 1.165) is 36.1 Å². The van der Waals surface area contributed by atoms with Gasteiger partial charge in [-0.2, -0.15) is 0 Å². The SMILES string of the molecule is O=C(C1CCCN(c2ncnc3cc(Cl)ccc23)C1)N1CCOCC1. The molecule has 1 amide bonds. The van der Waals surface area contributed by atoms with Crippen LogP contribution in [-0.4, -0.2) is 60.2 Å². The average Bonchev–Trinajstić information content (AvgIpc) is 2.67. The predicted molar refractivity (Wildman–Crippen MR) is 96.9 cm³/mol. The molecule has 0 saturated carbocycles. The smallest absolute Gasteiger partial charge is 0.227 e. The summed E-state index contributed by atoms with van der Waals surface area (Å²) in [6.45, 7) is 4.28. The standard InChI is InChI=1S/C18H21ClN4O2/c19-14-3-4-15-16(10-14)20-12-21-17(15)23-5-1-2-13(11-23)18(24)22-6-8-25-9-7-22/h3-4,10,12-13H,1-2,5-9,11H2. The molecule has 6 nitrogen and oxygen atoms in total. The number of halogens is 1. The summed E-state index contributed by atoms with van der Waals surface area (Å²) >= 11 is 6.07. The van der Waals surface area contributed by atoms with Crippen molar-refractivity contribution in [2.24, 2.45) is 5.92 Å². The Morgan fingerprint density at radius 1 is 1.20 bits per heavy atom. The zero-order chi connectivity index (χ0) is 17.2. The Bertz CT molecular complexity index is 779. The number of hydrogen-bond donors (Lipinski definition) is 0. The number of morpholine rings is 1. The van der Waals surface area contributed by atoms with Gasteiger partial charge in [-0.25, -0.2) is 9.97 Å². The van der Waals surface area contributed by atoms with Crippen molar-refractivity contribution in [1.29, 1.82) is 0 Å². The largest absolute Gasteiger partial charge is 0.378 e. The molecule has 0 bridgehead atoms. The van der Waals surface area contributed by atoms with Crippen molar-refractivity contribution in [3.63, 3.8) is 0 Å². The van der Waals surface area contributed by atoms with Gasteiger partial charge in [0, 0.05) is 36.6 Å². The topological polar surface area (TPSA) is 58.6 Å². The fourth-order valence-electron chi connectivity index (χ4n) is 3.68. The number of nitrogens with zero attached hydrogens (tertiary/aromatic N) is 4. The van der Waals surface area contributed by atoms with Gasteiger partial charge in [-0.1, -0.05) is 11.6 Å². The Balaban J connectivity index is 1.56. The molecule has 2 aliphatic rings. The summed E-state index contributed by atoms with van der Waals surface area (Å²) in [5.41, 5.74) is 0.833. The van der Waals surface area contributed by atoms with Crippen molar-refractivity contribution < 1.29 is 9.53 Å². The maximum atomic E-state index is 12.8. The second-order valence-electron chi connectivity index (χ2n) is 6.58. The van der Waals surface area contributed by atoms with E-state index in [1.165, 1.54) is 0 Å². The van der Waals surface area contributed by atoms with E-state index in [0.29, 0.717) is 37.9 Å². The van der Waals surface area contributed by atoms with Crippen molar-refractivity contribution in [2.45, 2.75) is 12.8 Å². The summed E-state index contributed by atoms with van der Waals surface area (Å²) in [5.74, 6) is 1.15. The second kappa shape index (κ2) is 7.14. The molecule has 2 aromatic rings. The highest BCUT2D eigenvalue weighted by Gasteiger charge is 2.31. The van der Waals surface area contributed by atoms with E-state index in [9.17, 15) is 4.79 Å². The maximum absolute atomic E-state index is 12.8. The normalized spacial score (nSPS) is 21.6. The maximum Gasteiger partial charge on any atom is 0.227 e. The van der Waals surface area contributed by atoms with Gasteiger partial charge in [0.15, 0.2) is 0 Å². The van der Waals surface area contributed by atoms with Crippen molar-refractivity contribution in [3.05, 3.63) is 29.5 Å². The second-order valence-corrected chi connectivity index (χ2v) is 7.02. The zero-order valence-corrected chi connectivity index (χ0v) is 14.8. The van der Waals surface area contributed by atoms with Gasteiger partial charge in [-0.3, -0.25) is 4.79 Å². The molecule has 0 aliphatic carbocycles. The van der Waals surface area contributed by atoms with Gasteiger partial charge in [0.2, 0.25) is 5.91 Å². The third kappa shape index (κ3) is 3.41. The Kier molecular flexibility index (Phi) is 4.72. The number of fused-ring (bicyclic) bond motifs is 1. The number of ether oxygens (including phenoxy) is 1. The van der Waals surface area contributed by atoms with Crippen LogP contribution in [0.3, 0.4) is 0 Å². The van der Waals surface area contributed by atoms with Crippen LogP contribution in [0.1, 0.15) is 12.8 Å². The van der Waals surface area contributed by atoms with Crippen LogP contribution < -0.4 is 4.90 Å². The van der Waals surface area contributed by atoms with Gasteiger partial charge in [0.1, 0.15) is 12.1 Å². The van der Waals surface area contributed by atoms with Gasteiger partial charge < -0.3 is 14.5 Å². The molecule has 1 unspecified atom stereocenters. The minimum absolute atomic E-state index is 0.0177. The lowest BCUT2D eigenvalue weighted by Gasteiger charge is -2.37. The van der Waals surface area contributed by atoms with Crippen LogP contribution in [0.15, 0.2) is 24.5 Å². The summed E-state index contributed by atoms with van der Waals surface area (Å²) in [5, 5.41) is 1.64. The zero-order valence-electron chi connectivity index (χ0n) is 14.0. The van der Waals surface area contributed by atoms with Crippen LogP contribution in [0, 0.1) is 5.92 Å². The third-order valence-corrected chi connectivity index (χ3v) is 5.21. The highest BCUT2D eigenvalue weighted by molar-refractivity contribution is 6.31. The molecule has 4 rings (SSSR count). The van der Waals surface area contributed by atoms with Crippen molar-refractivity contribution >= 4 is 34.2 Å². The van der Waals surface area contributed by atoms with Crippen LogP contribution in [0.5, 0.6) is 0 Å². The van der Waals surface area contributed by atoms with Crippen LogP contribution in [0.2, 0.25) is 5.02 Å². The minimum Gasteiger partial charge on any atom is -0.378 e. The highest BCUT2D eigenvalue weighted by atomic mass is 35.5. The van der Waals surface area contributed by atoms with E-state index in [1.54, 1.807) is 6.33 Å². The van der Waals surface area contributed by atoms with Crippen LogP contribution in [-0.2, 0) is 9.53 Å². The summed E-state index contributed by atoms with van der Waals surface area (Å²) in [6.07, 6.45) is 3.49. The predicted octanol–water partition coefficient (Wildman–Crippen LogP) is 2.36. The molecule has 7 heteroatoms. The fraction of sp³-hybridized carbons (Fsp3) is 0.500. The van der Waals surface area contributed by atoms with Crippen molar-refractivity contribution in [3.8, 4) is 0 Å². The lowest BCUT2D eigenvalue weighted by atomic mass is 9.96. The molecule has 2 aliphatic heterocycles. The van der Waals surface area contributed by atoms with E-state index >= 15 is 0 Å². The summed E-state index contributed by atoms with van der Waals surface area (Å²) in [4.78, 5) is 25.8. The molecule has 1 atom stereocenters. The van der Waals surface area contributed by atoms with Crippen LogP contribution in [0.25, 0.3) is 10.9 Å². The Hall–Kier alpha value is -1.92. The first-order valence-corrected chi connectivity index (χ1v) is 9.12. The summed E-state index contributed by atoms with van der Waals surface area (Å²) in [6, 6.07) is 5.67. The number of anilines is 1. The van der Waals surface area contributed by atoms with Gasteiger partial charge in [0.05, 0.1) is 24.6 Å². The average molecular weight is 361 g/mol. The van der Waals surface area contributed by atoms with Gasteiger partial charge in [-0.05, 0) is 31.0 Å². The number of piperidine rings is 1. The molecule has 0 radical (unpaired) electrons. The van der Waals surface area contributed by atoms with Gasteiger partial charge in [0.25, 0.3) is 0 Å². The molecular weight excluding hydrogens is 340 g/mol. The molecule has 1 aromatic carbocycles. The molecule has 0 N–H and O–H groups in total. The first-order valence-electron chi connectivity index (χ1n) is 8.74. The lowest BCUT2D eigenvalue weighted by Crippen LogP contribution is -2.48. The van der Waals surface area contributed by atoms with E-state index in [-0.39, 0.29) is 11.8 Å². The van der Waals surface area contributed by atoms with E-state index in [4.69, 9.17) is 16.3 Å². The molecule has 2 saturated heterocycles.